The molecule has 2 heterocycles. The molecule has 0 aliphatic rings. The number of hydrogen-bond donors (Lipinski definition) is 1. The molecule has 2 aromatic rings. The maximum absolute atomic E-state index is 12.8. The first-order valence-electron chi connectivity index (χ1n) is 7.86. The van der Waals surface area contributed by atoms with Crippen molar-refractivity contribution in [1.82, 2.24) is 24.9 Å². The molecule has 0 aliphatic carbocycles. The van der Waals surface area contributed by atoms with Gasteiger partial charge < -0.3 is 5.32 Å². The molecular formula is C15H18BrClF3N5O. The summed E-state index contributed by atoms with van der Waals surface area (Å²) in [5.41, 5.74) is 0.107. The summed E-state index contributed by atoms with van der Waals surface area (Å²) in [6.07, 6.45) is -2.21. The van der Waals surface area contributed by atoms with Crippen LogP contribution < -0.4 is 5.32 Å². The lowest BCUT2D eigenvalue weighted by Crippen LogP contribution is -2.26. The first-order valence-corrected chi connectivity index (χ1v) is 9.03. The van der Waals surface area contributed by atoms with E-state index in [4.69, 9.17) is 11.6 Å². The largest absolute Gasteiger partial charge is 0.436 e. The van der Waals surface area contributed by atoms with Crippen LogP contribution in [0.3, 0.4) is 0 Å². The van der Waals surface area contributed by atoms with Gasteiger partial charge in [0.05, 0.1) is 21.4 Å². The van der Waals surface area contributed by atoms with Gasteiger partial charge in [0.1, 0.15) is 0 Å². The molecule has 1 amide bonds. The third kappa shape index (κ3) is 5.00. The van der Waals surface area contributed by atoms with Crippen LogP contribution in [0, 0.1) is 13.8 Å². The summed E-state index contributed by atoms with van der Waals surface area (Å²) in [5, 5.41) is 10.00. The predicted octanol–water partition coefficient (Wildman–Crippen LogP) is 3.73. The van der Waals surface area contributed by atoms with E-state index in [1.165, 1.54) is 11.6 Å². The Morgan fingerprint density at radius 2 is 1.96 bits per heavy atom. The van der Waals surface area contributed by atoms with Crippen molar-refractivity contribution in [3.8, 4) is 0 Å². The molecule has 144 valence electrons. The number of nitrogens with one attached hydrogen (secondary N) is 1. The average Bonchev–Trinajstić information content (AvgIpc) is 3.03. The smallest absolute Gasteiger partial charge is 0.356 e. The SMILES string of the molecule is Cc1c(Br)cnn1CCC(=O)NCCCn1nc(C(F)(F)F)c(Cl)c1C. The molecule has 2 rings (SSSR count). The van der Waals surface area contributed by atoms with E-state index in [0.717, 1.165) is 10.2 Å². The molecule has 0 aliphatic heterocycles. The van der Waals surface area contributed by atoms with E-state index in [1.54, 1.807) is 10.9 Å². The first-order chi connectivity index (χ1) is 12.1. The summed E-state index contributed by atoms with van der Waals surface area (Å²) < 4.78 is 42.1. The van der Waals surface area contributed by atoms with Gasteiger partial charge in [-0.25, -0.2) is 0 Å². The molecule has 0 bridgehead atoms. The van der Waals surface area contributed by atoms with E-state index < -0.39 is 11.9 Å². The summed E-state index contributed by atoms with van der Waals surface area (Å²) in [6, 6.07) is 0. The molecule has 1 N–H and O–H groups in total. The summed E-state index contributed by atoms with van der Waals surface area (Å²) in [5.74, 6) is -0.151. The highest BCUT2D eigenvalue weighted by atomic mass is 79.9. The molecule has 26 heavy (non-hydrogen) atoms. The molecule has 0 saturated carbocycles. The van der Waals surface area contributed by atoms with Gasteiger partial charge in [0.25, 0.3) is 0 Å². The second kappa shape index (κ2) is 8.43. The highest BCUT2D eigenvalue weighted by Crippen LogP contribution is 2.35. The van der Waals surface area contributed by atoms with Crippen molar-refractivity contribution < 1.29 is 18.0 Å². The highest BCUT2D eigenvalue weighted by molar-refractivity contribution is 9.10. The van der Waals surface area contributed by atoms with Crippen molar-refractivity contribution >= 4 is 33.4 Å². The molecule has 11 heteroatoms. The van der Waals surface area contributed by atoms with Crippen LogP contribution >= 0.6 is 27.5 Å². The summed E-state index contributed by atoms with van der Waals surface area (Å²) in [7, 11) is 0. The van der Waals surface area contributed by atoms with Crippen molar-refractivity contribution in [2.75, 3.05) is 6.54 Å². The van der Waals surface area contributed by atoms with Crippen LogP contribution in [0.25, 0.3) is 0 Å². The van der Waals surface area contributed by atoms with E-state index in [2.05, 4.69) is 31.4 Å². The Kier molecular flexibility index (Phi) is 6.73. The number of amides is 1. The van der Waals surface area contributed by atoms with Crippen LogP contribution in [-0.2, 0) is 24.1 Å². The van der Waals surface area contributed by atoms with Gasteiger partial charge in [0.2, 0.25) is 5.91 Å². The summed E-state index contributed by atoms with van der Waals surface area (Å²) in [4.78, 5) is 11.8. The third-order valence-electron chi connectivity index (χ3n) is 3.86. The Morgan fingerprint density at radius 1 is 1.27 bits per heavy atom. The number of carbonyl (C=O) groups is 1. The maximum atomic E-state index is 12.8. The van der Waals surface area contributed by atoms with Crippen molar-refractivity contribution in [3.63, 3.8) is 0 Å². The Labute approximate surface area is 161 Å². The second-order valence-electron chi connectivity index (χ2n) is 5.72. The topological polar surface area (TPSA) is 64.7 Å². The Hall–Kier alpha value is -1.55. The van der Waals surface area contributed by atoms with E-state index in [9.17, 15) is 18.0 Å². The zero-order valence-electron chi connectivity index (χ0n) is 14.2. The van der Waals surface area contributed by atoms with Crippen LogP contribution in [0.2, 0.25) is 5.02 Å². The summed E-state index contributed by atoms with van der Waals surface area (Å²) in [6.45, 7) is 4.38. The van der Waals surface area contributed by atoms with Gasteiger partial charge in [-0.1, -0.05) is 11.6 Å². The average molecular weight is 457 g/mol. The lowest BCUT2D eigenvalue weighted by molar-refractivity contribution is -0.141. The molecule has 6 nitrogen and oxygen atoms in total. The van der Waals surface area contributed by atoms with Crippen LogP contribution in [0.1, 0.15) is 29.9 Å². The quantitative estimate of drug-likeness (QED) is 0.646. The number of aromatic nitrogens is 4. The van der Waals surface area contributed by atoms with Gasteiger partial charge in [0, 0.05) is 31.7 Å². The third-order valence-corrected chi connectivity index (χ3v) is 5.10. The second-order valence-corrected chi connectivity index (χ2v) is 6.96. The van der Waals surface area contributed by atoms with Gasteiger partial charge >= 0.3 is 6.18 Å². The minimum atomic E-state index is -4.58. The van der Waals surface area contributed by atoms with E-state index >= 15 is 0 Å². The monoisotopic (exact) mass is 455 g/mol. The minimum absolute atomic E-state index is 0.151. The molecule has 2 aromatic heterocycles. The molecule has 0 radical (unpaired) electrons. The number of halogens is 5. The van der Waals surface area contributed by atoms with Crippen LogP contribution in [0.5, 0.6) is 0 Å². The first kappa shape index (κ1) is 20.8. The molecule has 0 unspecified atom stereocenters. The molecule has 0 fully saturated rings. The summed E-state index contributed by atoms with van der Waals surface area (Å²) >= 11 is 9.04. The van der Waals surface area contributed by atoms with Crippen molar-refractivity contribution in [2.45, 2.75) is 46.0 Å². The van der Waals surface area contributed by atoms with Gasteiger partial charge in [-0.05, 0) is 36.2 Å². The minimum Gasteiger partial charge on any atom is -0.356 e. The van der Waals surface area contributed by atoms with Crippen molar-refractivity contribution in [3.05, 3.63) is 32.8 Å². The predicted molar refractivity (Wildman–Crippen MR) is 93.9 cm³/mol. The Balaban J connectivity index is 1.77. The highest BCUT2D eigenvalue weighted by Gasteiger charge is 2.38. The van der Waals surface area contributed by atoms with E-state index in [0.29, 0.717) is 19.5 Å². The lowest BCUT2D eigenvalue weighted by Gasteiger charge is -2.08. The van der Waals surface area contributed by atoms with Gasteiger partial charge in [0.15, 0.2) is 5.69 Å². The van der Waals surface area contributed by atoms with Crippen molar-refractivity contribution in [2.24, 2.45) is 0 Å². The van der Waals surface area contributed by atoms with Crippen LogP contribution in [-0.4, -0.2) is 32.0 Å². The molecule has 0 spiro atoms. The Morgan fingerprint density at radius 3 is 2.50 bits per heavy atom. The van der Waals surface area contributed by atoms with Crippen molar-refractivity contribution in [1.29, 1.82) is 0 Å². The number of carbonyl (C=O) groups excluding carboxylic acids is 1. The normalized spacial score (nSPS) is 11.8. The fraction of sp³-hybridized carbons (Fsp3) is 0.533. The fourth-order valence-corrected chi connectivity index (χ4v) is 2.86. The zero-order chi connectivity index (χ0) is 19.5. The maximum Gasteiger partial charge on any atom is 0.436 e. The van der Waals surface area contributed by atoms with Gasteiger partial charge in [-0.2, -0.15) is 23.4 Å². The Bertz CT molecular complexity index is 787. The van der Waals surface area contributed by atoms with Crippen LogP contribution in [0.15, 0.2) is 10.7 Å². The number of hydrogen-bond acceptors (Lipinski definition) is 3. The van der Waals surface area contributed by atoms with Gasteiger partial charge in [-0.3, -0.25) is 14.2 Å². The molecule has 0 saturated heterocycles. The van der Waals surface area contributed by atoms with Crippen LogP contribution in [0.4, 0.5) is 13.2 Å². The molecular weight excluding hydrogens is 439 g/mol. The molecule has 0 atom stereocenters. The number of aryl methyl sites for hydroxylation is 2. The van der Waals surface area contributed by atoms with Gasteiger partial charge in [-0.15, -0.1) is 0 Å². The van der Waals surface area contributed by atoms with E-state index in [1.807, 2.05) is 6.92 Å². The lowest BCUT2D eigenvalue weighted by atomic mass is 10.3. The van der Waals surface area contributed by atoms with E-state index in [-0.39, 0.29) is 29.6 Å². The number of rotatable bonds is 7. The zero-order valence-corrected chi connectivity index (χ0v) is 16.5. The number of nitrogens with zero attached hydrogens (tertiary/aromatic N) is 4. The fourth-order valence-electron chi connectivity index (χ4n) is 2.32. The number of alkyl halides is 3. The molecule has 0 aromatic carbocycles. The standard InChI is InChI=1S/C15H18BrClF3N5O/c1-9-11(16)8-22-24(9)7-4-12(26)21-5-3-6-25-10(2)13(17)14(23-25)15(18,19)20/h8H,3-7H2,1-2H3,(H,21,26).